The van der Waals surface area contributed by atoms with Gasteiger partial charge in [0.05, 0.1) is 5.76 Å². The predicted octanol–water partition coefficient (Wildman–Crippen LogP) is 4.90. The molecule has 4 nitrogen and oxygen atoms in total. The highest BCUT2D eigenvalue weighted by molar-refractivity contribution is 6.49. The van der Waals surface area contributed by atoms with E-state index in [0.29, 0.717) is 0 Å². The number of phenols is 1. The molecular formula is C26H20O4. The first kappa shape index (κ1) is 19.4. The average molecular weight is 396 g/mol. The zero-order valence-corrected chi connectivity index (χ0v) is 16.2. The standard InChI is InChI=1S/C26H20O4/c27-22-13-7-8-18(14-22)24(29)25(30)19-15-23(28)17-26(16-19,20-9-3-1-4-10-20)21-11-5-2-6-12-21/h1-16,27-28H,17H2. The van der Waals surface area contributed by atoms with Crippen molar-refractivity contribution in [1.82, 2.24) is 0 Å². The van der Waals surface area contributed by atoms with Crippen LogP contribution in [0.2, 0.25) is 0 Å². The summed E-state index contributed by atoms with van der Waals surface area (Å²) in [6.45, 7) is 0. The molecule has 0 saturated carbocycles. The number of hydrogen-bond donors (Lipinski definition) is 2. The van der Waals surface area contributed by atoms with Gasteiger partial charge < -0.3 is 10.2 Å². The first-order chi connectivity index (χ1) is 14.5. The van der Waals surface area contributed by atoms with Crippen molar-refractivity contribution in [2.45, 2.75) is 11.8 Å². The molecule has 0 heterocycles. The van der Waals surface area contributed by atoms with Crippen molar-refractivity contribution < 1.29 is 19.8 Å². The number of carbonyl (C=O) groups excluding carboxylic acids is 2. The molecule has 0 unspecified atom stereocenters. The maximum atomic E-state index is 13.1. The monoisotopic (exact) mass is 396 g/mol. The number of benzene rings is 3. The first-order valence-corrected chi connectivity index (χ1v) is 9.61. The third-order valence-corrected chi connectivity index (χ3v) is 5.34. The van der Waals surface area contributed by atoms with Gasteiger partial charge in [0.25, 0.3) is 0 Å². The van der Waals surface area contributed by atoms with Gasteiger partial charge in [-0.15, -0.1) is 0 Å². The number of aliphatic hydroxyl groups excluding tert-OH is 1. The maximum Gasteiger partial charge on any atom is 0.233 e. The smallest absolute Gasteiger partial charge is 0.233 e. The summed E-state index contributed by atoms with van der Waals surface area (Å²) in [6.07, 6.45) is 3.39. The van der Waals surface area contributed by atoms with Gasteiger partial charge in [-0.2, -0.15) is 0 Å². The summed E-state index contributed by atoms with van der Waals surface area (Å²) >= 11 is 0. The largest absolute Gasteiger partial charge is 0.512 e. The Kier molecular flexibility index (Phi) is 5.07. The summed E-state index contributed by atoms with van der Waals surface area (Å²) in [5.74, 6) is -1.54. The van der Waals surface area contributed by atoms with E-state index >= 15 is 0 Å². The predicted molar refractivity (Wildman–Crippen MR) is 115 cm³/mol. The van der Waals surface area contributed by atoms with Crippen molar-refractivity contribution in [3.63, 3.8) is 0 Å². The Morgan fingerprint density at radius 3 is 1.90 bits per heavy atom. The van der Waals surface area contributed by atoms with E-state index in [4.69, 9.17) is 0 Å². The number of hydrogen-bond acceptors (Lipinski definition) is 4. The molecular weight excluding hydrogens is 376 g/mol. The molecule has 0 radical (unpaired) electrons. The van der Waals surface area contributed by atoms with Gasteiger partial charge in [0.15, 0.2) is 0 Å². The second kappa shape index (κ2) is 7.84. The number of aromatic hydroxyl groups is 1. The Hall–Kier alpha value is -3.92. The van der Waals surface area contributed by atoms with Crippen LogP contribution < -0.4 is 0 Å². The Bertz CT molecular complexity index is 1120. The fourth-order valence-electron chi connectivity index (χ4n) is 3.92. The molecule has 0 aromatic heterocycles. The quantitative estimate of drug-likeness (QED) is 0.475. The molecule has 0 saturated heterocycles. The summed E-state index contributed by atoms with van der Waals surface area (Å²) in [6, 6.07) is 24.9. The van der Waals surface area contributed by atoms with E-state index in [2.05, 4.69) is 0 Å². The van der Waals surface area contributed by atoms with E-state index in [1.165, 1.54) is 30.3 Å². The number of Topliss-reactive ketones (excluding diaryl/α,β-unsaturated/α-hetero) is 2. The van der Waals surface area contributed by atoms with Crippen LogP contribution in [0.25, 0.3) is 0 Å². The van der Waals surface area contributed by atoms with Crippen molar-refractivity contribution in [3.05, 3.63) is 125 Å². The minimum Gasteiger partial charge on any atom is -0.512 e. The molecule has 0 atom stereocenters. The first-order valence-electron chi connectivity index (χ1n) is 9.61. The molecule has 0 spiro atoms. The van der Waals surface area contributed by atoms with Crippen molar-refractivity contribution in [2.24, 2.45) is 0 Å². The van der Waals surface area contributed by atoms with Crippen LogP contribution in [0.15, 0.2) is 108 Å². The van der Waals surface area contributed by atoms with E-state index in [9.17, 15) is 19.8 Å². The number of phenolic OH excluding ortho intramolecular Hbond substituents is 1. The lowest BCUT2D eigenvalue weighted by molar-refractivity contribution is -0.111. The van der Waals surface area contributed by atoms with E-state index in [0.717, 1.165) is 11.1 Å². The number of allylic oxidation sites excluding steroid dienone is 4. The van der Waals surface area contributed by atoms with Gasteiger partial charge in [-0.3, -0.25) is 9.59 Å². The zero-order valence-electron chi connectivity index (χ0n) is 16.2. The highest BCUT2D eigenvalue weighted by Crippen LogP contribution is 2.42. The van der Waals surface area contributed by atoms with Crippen LogP contribution in [0.1, 0.15) is 27.9 Å². The van der Waals surface area contributed by atoms with Crippen LogP contribution in [0, 0.1) is 0 Å². The molecule has 1 aliphatic rings. The summed E-state index contributed by atoms with van der Waals surface area (Å²) < 4.78 is 0. The Morgan fingerprint density at radius 2 is 1.33 bits per heavy atom. The van der Waals surface area contributed by atoms with E-state index in [1.807, 2.05) is 60.7 Å². The molecule has 1 aliphatic carbocycles. The molecule has 2 N–H and O–H groups in total. The Morgan fingerprint density at radius 1 is 0.733 bits per heavy atom. The van der Waals surface area contributed by atoms with Crippen LogP contribution in [-0.2, 0) is 10.2 Å². The molecule has 3 aromatic rings. The lowest BCUT2D eigenvalue weighted by Gasteiger charge is -2.35. The second-order valence-electron chi connectivity index (χ2n) is 7.32. The van der Waals surface area contributed by atoms with Crippen molar-refractivity contribution in [2.75, 3.05) is 0 Å². The number of rotatable bonds is 5. The highest BCUT2D eigenvalue weighted by atomic mass is 16.3. The summed E-state index contributed by atoms with van der Waals surface area (Å²) in [5, 5.41) is 20.2. The van der Waals surface area contributed by atoms with Gasteiger partial charge in [0, 0.05) is 23.0 Å². The fraction of sp³-hybridized carbons (Fsp3) is 0.0769. The van der Waals surface area contributed by atoms with Crippen molar-refractivity contribution in [1.29, 1.82) is 0 Å². The van der Waals surface area contributed by atoms with E-state index < -0.39 is 17.0 Å². The van der Waals surface area contributed by atoms with Gasteiger partial charge in [-0.05, 0) is 29.3 Å². The normalized spacial score (nSPS) is 15.1. The molecule has 4 rings (SSSR count). The molecule has 0 aliphatic heterocycles. The summed E-state index contributed by atoms with van der Waals surface area (Å²) in [7, 11) is 0. The summed E-state index contributed by atoms with van der Waals surface area (Å²) in [5.41, 5.74) is 1.26. The molecule has 0 fully saturated rings. The highest BCUT2D eigenvalue weighted by Gasteiger charge is 2.38. The van der Waals surface area contributed by atoms with Gasteiger partial charge in [0.1, 0.15) is 5.75 Å². The molecule has 148 valence electrons. The van der Waals surface area contributed by atoms with Gasteiger partial charge in [0.2, 0.25) is 11.6 Å². The van der Waals surface area contributed by atoms with Gasteiger partial charge in [-0.25, -0.2) is 0 Å². The molecule has 4 heteroatoms. The SMILES string of the molecule is O=C(C(=O)c1cccc(O)c1)C1=CC(c2ccccc2)(c2ccccc2)CC(O)=C1. The maximum absolute atomic E-state index is 13.1. The third kappa shape index (κ3) is 3.55. The number of aliphatic hydroxyl groups is 1. The Balaban J connectivity index is 1.84. The molecule has 0 amide bonds. The minimum absolute atomic E-state index is 0.0252. The minimum atomic E-state index is -0.786. The van der Waals surface area contributed by atoms with E-state index in [1.54, 1.807) is 6.08 Å². The van der Waals surface area contributed by atoms with Gasteiger partial charge in [-0.1, -0.05) is 78.9 Å². The molecule has 30 heavy (non-hydrogen) atoms. The topological polar surface area (TPSA) is 74.6 Å². The second-order valence-corrected chi connectivity index (χ2v) is 7.32. The summed E-state index contributed by atoms with van der Waals surface area (Å²) in [4.78, 5) is 25.8. The average Bonchev–Trinajstić information content (AvgIpc) is 2.78. The van der Waals surface area contributed by atoms with Crippen LogP contribution in [0.5, 0.6) is 5.75 Å². The van der Waals surface area contributed by atoms with E-state index in [-0.39, 0.29) is 29.1 Å². The number of carbonyl (C=O) groups is 2. The zero-order chi connectivity index (χ0) is 21.1. The van der Waals surface area contributed by atoms with Crippen molar-refractivity contribution in [3.8, 4) is 5.75 Å². The fourth-order valence-corrected chi connectivity index (χ4v) is 3.92. The molecule has 3 aromatic carbocycles. The Labute approximate surface area is 174 Å². The molecule has 0 bridgehead atoms. The van der Waals surface area contributed by atoms with Crippen LogP contribution in [0.4, 0.5) is 0 Å². The third-order valence-electron chi connectivity index (χ3n) is 5.34. The lowest BCUT2D eigenvalue weighted by Crippen LogP contribution is -2.31. The van der Waals surface area contributed by atoms with Gasteiger partial charge >= 0.3 is 0 Å². The van der Waals surface area contributed by atoms with Crippen LogP contribution in [-0.4, -0.2) is 21.8 Å². The van der Waals surface area contributed by atoms with Crippen molar-refractivity contribution >= 4 is 11.6 Å². The lowest BCUT2D eigenvalue weighted by atomic mass is 9.68. The van der Waals surface area contributed by atoms with Crippen LogP contribution >= 0.6 is 0 Å². The number of ketones is 2. The van der Waals surface area contributed by atoms with Crippen LogP contribution in [0.3, 0.4) is 0 Å².